The second-order valence-corrected chi connectivity index (χ2v) is 3.59. The normalized spacial score (nSPS) is 16.0. The molecule has 1 aromatic carbocycles. The Labute approximate surface area is 83.7 Å². The van der Waals surface area contributed by atoms with Gasteiger partial charge in [0.25, 0.3) is 0 Å². The molecule has 0 aliphatic rings. The van der Waals surface area contributed by atoms with E-state index in [0.29, 0.717) is 5.02 Å². The zero-order chi connectivity index (χ0) is 9.90. The van der Waals surface area contributed by atoms with Gasteiger partial charge in [0, 0.05) is 5.02 Å². The highest BCUT2D eigenvalue weighted by atomic mass is 35.5. The van der Waals surface area contributed by atoms with Gasteiger partial charge in [0.2, 0.25) is 0 Å². The first-order valence-electron chi connectivity index (χ1n) is 4.18. The molecule has 70 valence electrons. The zero-order valence-electron chi connectivity index (χ0n) is 7.79. The van der Waals surface area contributed by atoms with E-state index in [-0.39, 0.29) is 0 Å². The van der Waals surface area contributed by atoms with Crippen molar-refractivity contribution in [3.05, 3.63) is 47.0 Å². The Kier molecular flexibility index (Phi) is 3.12. The van der Waals surface area contributed by atoms with E-state index in [1.807, 2.05) is 25.1 Å². The van der Waals surface area contributed by atoms with Gasteiger partial charge in [-0.3, -0.25) is 0 Å². The lowest BCUT2D eigenvalue weighted by molar-refractivity contribution is 0.111. The van der Waals surface area contributed by atoms with Crippen LogP contribution in [0.1, 0.15) is 19.4 Å². The van der Waals surface area contributed by atoms with Crippen LogP contribution in [-0.4, -0.2) is 5.11 Å². The highest BCUT2D eigenvalue weighted by molar-refractivity contribution is 6.30. The predicted octanol–water partition coefficient (Wildman–Crippen LogP) is 3.12. The molecule has 0 amide bonds. The first-order chi connectivity index (χ1) is 6.06. The van der Waals surface area contributed by atoms with Crippen molar-refractivity contribution in [2.75, 3.05) is 0 Å². The summed E-state index contributed by atoms with van der Waals surface area (Å²) in [6.45, 7) is 3.63. The fourth-order valence-electron chi connectivity index (χ4n) is 1.21. The fraction of sp³-hybridized carbons (Fsp3) is 0.273. The molecular weight excluding hydrogens is 184 g/mol. The van der Waals surface area contributed by atoms with Gasteiger partial charge in [-0.15, -0.1) is 0 Å². The van der Waals surface area contributed by atoms with E-state index in [4.69, 9.17) is 11.6 Å². The van der Waals surface area contributed by atoms with Crippen LogP contribution in [0.5, 0.6) is 0 Å². The number of aliphatic hydroxyl groups is 1. The highest BCUT2D eigenvalue weighted by Crippen LogP contribution is 2.23. The molecule has 0 spiro atoms. The summed E-state index contributed by atoms with van der Waals surface area (Å²) in [7, 11) is 0. The molecule has 0 heterocycles. The van der Waals surface area contributed by atoms with Crippen molar-refractivity contribution >= 4 is 11.6 Å². The molecule has 13 heavy (non-hydrogen) atoms. The van der Waals surface area contributed by atoms with Crippen molar-refractivity contribution in [2.45, 2.75) is 19.4 Å². The number of allylic oxidation sites excluding steroid dienone is 1. The van der Waals surface area contributed by atoms with Crippen LogP contribution in [-0.2, 0) is 5.60 Å². The molecule has 0 fully saturated rings. The molecule has 1 rings (SSSR count). The molecule has 1 N–H and O–H groups in total. The van der Waals surface area contributed by atoms with E-state index in [2.05, 4.69) is 0 Å². The third-order valence-corrected chi connectivity index (χ3v) is 2.17. The van der Waals surface area contributed by atoms with Crippen LogP contribution < -0.4 is 0 Å². The van der Waals surface area contributed by atoms with Crippen molar-refractivity contribution in [3.8, 4) is 0 Å². The number of hydrogen-bond acceptors (Lipinski definition) is 1. The first-order valence-corrected chi connectivity index (χ1v) is 4.56. The molecular formula is C11H13ClO. The summed E-state index contributed by atoms with van der Waals surface area (Å²) in [5, 5.41) is 10.6. The molecule has 0 bridgehead atoms. The van der Waals surface area contributed by atoms with Gasteiger partial charge in [-0.1, -0.05) is 35.9 Å². The van der Waals surface area contributed by atoms with Gasteiger partial charge in [-0.25, -0.2) is 0 Å². The average molecular weight is 197 g/mol. The van der Waals surface area contributed by atoms with Crippen molar-refractivity contribution in [3.63, 3.8) is 0 Å². The van der Waals surface area contributed by atoms with Crippen LogP contribution in [0.4, 0.5) is 0 Å². The third-order valence-electron chi connectivity index (χ3n) is 1.92. The Morgan fingerprint density at radius 1 is 1.31 bits per heavy atom. The van der Waals surface area contributed by atoms with Crippen LogP contribution in [0.25, 0.3) is 0 Å². The summed E-state index contributed by atoms with van der Waals surface area (Å²) < 4.78 is 0. The fourth-order valence-corrected chi connectivity index (χ4v) is 1.33. The van der Waals surface area contributed by atoms with Gasteiger partial charge < -0.3 is 5.11 Å². The van der Waals surface area contributed by atoms with E-state index in [1.54, 1.807) is 25.1 Å². The Morgan fingerprint density at radius 3 is 2.31 bits per heavy atom. The summed E-state index contributed by atoms with van der Waals surface area (Å²) in [4.78, 5) is 0. The van der Waals surface area contributed by atoms with Crippen molar-refractivity contribution in [1.29, 1.82) is 0 Å². The summed E-state index contributed by atoms with van der Waals surface area (Å²) in [6, 6.07) is 7.19. The molecule has 0 aliphatic carbocycles. The summed E-state index contributed by atoms with van der Waals surface area (Å²) >= 11 is 5.74. The number of halogens is 1. The van der Waals surface area contributed by atoms with Crippen molar-refractivity contribution < 1.29 is 5.11 Å². The molecule has 0 saturated heterocycles. The summed E-state index contributed by atoms with van der Waals surface area (Å²) in [5.41, 5.74) is -0.0608. The van der Waals surface area contributed by atoms with Crippen LogP contribution in [0.3, 0.4) is 0 Å². The molecule has 0 aliphatic heterocycles. The van der Waals surface area contributed by atoms with Crippen LogP contribution in [0, 0.1) is 0 Å². The predicted molar refractivity (Wildman–Crippen MR) is 55.8 cm³/mol. The Hall–Kier alpha value is -0.790. The average Bonchev–Trinajstić information content (AvgIpc) is 2.05. The van der Waals surface area contributed by atoms with Crippen molar-refractivity contribution in [2.24, 2.45) is 0 Å². The maximum atomic E-state index is 9.95. The standard InChI is InChI=1S/C11H13ClO/c1-3-8-11(2,13)9-4-6-10(12)7-5-9/h3-8,13H,1-2H3. The van der Waals surface area contributed by atoms with Crippen LogP contribution in [0.2, 0.25) is 5.02 Å². The quantitative estimate of drug-likeness (QED) is 0.721. The van der Waals surface area contributed by atoms with Gasteiger partial charge in [0.15, 0.2) is 0 Å². The largest absolute Gasteiger partial charge is 0.381 e. The van der Waals surface area contributed by atoms with Gasteiger partial charge in [-0.2, -0.15) is 0 Å². The second kappa shape index (κ2) is 3.95. The number of hydrogen-bond donors (Lipinski definition) is 1. The minimum Gasteiger partial charge on any atom is -0.381 e. The SMILES string of the molecule is CC=CC(C)(O)c1ccc(Cl)cc1. The van der Waals surface area contributed by atoms with Crippen LogP contribution >= 0.6 is 11.6 Å². The molecule has 1 aromatic rings. The maximum Gasteiger partial charge on any atom is 0.105 e. The first kappa shape index (κ1) is 10.3. The molecule has 1 nitrogen and oxygen atoms in total. The maximum absolute atomic E-state index is 9.95. The van der Waals surface area contributed by atoms with E-state index < -0.39 is 5.60 Å². The lowest BCUT2D eigenvalue weighted by Crippen LogP contribution is -2.17. The lowest BCUT2D eigenvalue weighted by Gasteiger charge is -2.19. The molecule has 2 heteroatoms. The van der Waals surface area contributed by atoms with Gasteiger partial charge in [0.1, 0.15) is 5.60 Å². The van der Waals surface area contributed by atoms with E-state index in [9.17, 15) is 5.11 Å². The Morgan fingerprint density at radius 2 is 1.85 bits per heavy atom. The van der Waals surface area contributed by atoms with Crippen LogP contribution in [0.15, 0.2) is 36.4 Å². The molecule has 1 unspecified atom stereocenters. The molecule has 0 radical (unpaired) electrons. The van der Waals surface area contributed by atoms with Gasteiger partial charge in [0.05, 0.1) is 0 Å². The van der Waals surface area contributed by atoms with Crippen molar-refractivity contribution in [1.82, 2.24) is 0 Å². The number of rotatable bonds is 2. The monoisotopic (exact) mass is 196 g/mol. The molecule has 0 aromatic heterocycles. The van der Waals surface area contributed by atoms with Gasteiger partial charge in [-0.05, 0) is 31.5 Å². The summed E-state index contributed by atoms with van der Waals surface area (Å²) in [6.07, 6.45) is 3.57. The third kappa shape index (κ3) is 2.58. The summed E-state index contributed by atoms with van der Waals surface area (Å²) in [5.74, 6) is 0. The lowest BCUT2D eigenvalue weighted by atomic mass is 9.96. The Balaban J connectivity index is 3.00. The topological polar surface area (TPSA) is 20.2 Å². The van der Waals surface area contributed by atoms with Gasteiger partial charge >= 0.3 is 0 Å². The zero-order valence-corrected chi connectivity index (χ0v) is 8.55. The van der Waals surface area contributed by atoms with E-state index >= 15 is 0 Å². The molecule has 1 atom stereocenters. The van der Waals surface area contributed by atoms with E-state index in [0.717, 1.165) is 5.56 Å². The number of benzene rings is 1. The molecule has 0 saturated carbocycles. The Bertz CT molecular complexity index is 298. The smallest absolute Gasteiger partial charge is 0.105 e. The highest BCUT2D eigenvalue weighted by Gasteiger charge is 2.17. The second-order valence-electron chi connectivity index (χ2n) is 3.15. The van der Waals surface area contributed by atoms with E-state index in [1.165, 1.54) is 0 Å². The minimum absolute atomic E-state index is 0.681. The minimum atomic E-state index is -0.903.